The van der Waals surface area contributed by atoms with Crippen molar-refractivity contribution in [1.82, 2.24) is 14.9 Å². The van der Waals surface area contributed by atoms with Crippen molar-refractivity contribution in [3.8, 4) is 0 Å². The van der Waals surface area contributed by atoms with Crippen LogP contribution in [0, 0.1) is 0 Å². The minimum atomic E-state index is 0.206. The van der Waals surface area contributed by atoms with Gasteiger partial charge < -0.3 is 9.80 Å². The molecule has 0 atom stereocenters. The van der Waals surface area contributed by atoms with Gasteiger partial charge in [0.05, 0.1) is 10.4 Å². The molecule has 0 radical (unpaired) electrons. The van der Waals surface area contributed by atoms with Crippen molar-refractivity contribution in [1.29, 1.82) is 0 Å². The van der Waals surface area contributed by atoms with Crippen LogP contribution in [0.25, 0.3) is 10.2 Å². The van der Waals surface area contributed by atoms with E-state index in [1.165, 1.54) is 0 Å². The first-order chi connectivity index (χ1) is 13.2. The second-order valence-corrected chi connectivity index (χ2v) is 8.67. The van der Waals surface area contributed by atoms with Gasteiger partial charge in [0.1, 0.15) is 17.0 Å². The lowest BCUT2D eigenvalue weighted by atomic mass is 10.2. The summed E-state index contributed by atoms with van der Waals surface area (Å²) >= 11 is 9.42. The summed E-state index contributed by atoms with van der Waals surface area (Å²) in [5.74, 6) is 1.92. The molecule has 0 unspecified atom stereocenters. The Hall–Kier alpha value is -1.83. The molecule has 0 spiro atoms. The number of carbonyl (C=O) groups is 1. The lowest BCUT2D eigenvalue weighted by molar-refractivity contribution is -0.131. The average molecular weight is 419 g/mol. The van der Waals surface area contributed by atoms with Crippen molar-refractivity contribution in [3.05, 3.63) is 47.1 Å². The summed E-state index contributed by atoms with van der Waals surface area (Å²) in [5, 5.41) is 3.88. The van der Waals surface area contributed by atoms with Crippen LogP contribution in [0.1, 0.15) is 6.42 Å². The molecule has 1 aliphatic heterocycles. The summed E-state index contributed by atoms with van der Waals surface area (Å²) in [6.07, 6.45) is 2.15. The van der Waals surface area contributed by atoms with Gasteiger partial charge in [-0.2, -0.15) is 0 Å². The number of benzene rings is 1. The van der Waals surface area contributed by atoms with E-state index in [1.807, 2.05) is 34.5 Å². The van der Waals surface area contributed by atoms with Crippen LogP contribution < -0.4 is 4.90 Å². The number of thiophene rings is 1. The zero-order valence-corrected chi connectivity index (χ0v) is 17.1. The molecule has 3 heterocycles. The van der Waals surface area contributed by atoms with Crippen molar-refractivity contribution in [2.24, 2.45) is 0 Å². The van der Waals surface area contributed by atoms with Gasteiger partial charge in [-0.1, -0.05) is 23.7 Å². The molecule has 4 rings (SSSR count). The molecule has 1 fully saturated rings. The lowest BCUT2D eigenvalue weighted by Crippen LogP contribution is -2.49. The zero-order valence-electron chi connectivity index (χ0n) is 14.7. The van der Waals surface area contributed by atoms with Crippen LogP contribution in [-0.4, -0.2) is 52.7 Å². The summed E-state index contributed by atoms with van der Waals surface area (Å²) in [7, 11) is 0. The van der Waals surface area contributed by atoms with Crippen LogP contribution in [0.15, 0.2) is 46.9 Å². The third-order valence-electron chi connectivity index (χ3n) is 4.58. The van der Waals surface area contributed by atoms with Crippen molar-refractivity contribution < 1.29 is 4.79 Å². The minimum Gasteiger partial charge on any atom is -0.352 e. The van der Waals surface area contributed by atoms with Crippen LogP contribution >= 0.6 is 34.7 Å². The van der Waals surface area contributed by atoms with Crippen LogP contribution in [0.4, 0.5) is 5.82 Å². The number of anilines is 1. The van der Waals surface area contributed by atoms with E-state index >= 15 is 0 Å². The number of aromatic nitrogens is 2. The van der Waals surface area contributed by atoms with Crippen LogP contribution in [0.3, 0.4) is 0 Å². The Bertz CT molecular complexity index is 940. The number of thioether (sulfide) groups is 1. The summed E-state index contributed by atoms with van der Waals surface area (Å²) in [5.41, 5.74) is 0. The topological polar surface area (TPSA) is 49.3 Å². The van der Waals surface area contributed by atoms with E-state index in [2.05, 4.69) is 20.9 Å². The fourth-order valence-corrected chi connectivity index (χ4v) is 5.07. The third kappa shape index (κ3) is 4.20. The van der Waals surface area contributed by atoms with E-state index in [4.69, 9.17) is 11.6 Å². The first kappa shape index (κ1) is 18.5. The highest BCUT2D eigenvalue weighted by atomic mass is 35.5. The highest BCUT2D eigenvalue weighted by Gasteiger charge is 2.23. The standard InChI is InChI=1S/C19H19ClN4OS2/c20-15-3-1-2-4-16(15)26-12-6-17(25)23-7-9-24(10-8-23)18-14-5-11-27-19(14)22-13-21-18/h1-5,11,13H,6-10,12H2. The Morgan fingerprint density at radius 2 is 1.96 bits per heavy atom. The Balaban J connectivity index is 1.29. The van der Waals surface area contributed by atoms with Gasteiger partial charge in [0.2, 0.25) is 5.91 Å². The van der Waals surface area contributed by atoms with Crippen molar-refractivity contribution in [3.63, 3.8) is 0 Å². The summed E-state index contributed by atoms with van der Waals surface area (Å²) in [6.45, 7) is 3.05. The minimum absolute atomic E-state index is 0.206. The molecule has 0 N–H and O–H groups in total. The maximum absolute atomic E-state index is 12.5. The number of nitrogens with zero attached hydrogens (tertiary/aromatic N) is 4. The van der Waals surface area contributed by atoms with Crippen molar-refractivity contribution in [2.75, 3.05) is 36.8 Å². The van der Waals surface area contributed by atoms with Crippen LogP contribution in [0.5, 0.6) is 0 Å². The molecular formula is C19H19ClN4OS2. The molecule has 2 aromatic heterocycles. The molecule has 27 heavy (non-hydrogen) atoms. The number of piperazine rings is 1. The fourth-order valence-electron chi connectivity index (χ4n) is 3.16. The second kappa shape index (κ2) is 8.46. The van der Waals surface area contributed by atoms with E-state index in [1.54, 1.807) is 29.4 Å². The Morgan fingerprint density at radius 3 is 2.78 bits per heavy atom. The number of rotatable bonds is 5. The van der Waals surface area contributed by atoms with Crippen molar-refractivity contribution >= 4 is 56.6 Å². The fraction of sp³-hybridized carbons (Fsp3) is 0.316. The number of hydrogen-bond donors (Lipinski definition) is 0. The average Bonchev–Trinajstić information content (AvgIpc) is 3.18. The summed E-state index contributed by atoms with van der Waals surface area (Å²) < 4.78 is 0. The van der Waals surface area contributed by atoms with Crippen LogP contribution in [-0.2, 0) is 4.79 Å². The van der Waals surface area contributed by atoms with Gasteiger partial charge in [-0.25, -0.2) is 9.97 Å². The van der Waals surface area contributed by atoms with Crippen LogP contribution in [0.2, 0.25) is 5.02 Å². The van der Waals surface area contributed by atoms with Gasteiger partial charge in [-0.05, 0) is 23.6 Å². The van der Waals surface area contributed by atoms with Gasteiger partial charge in [0.15, 0.2) is 0 Å². The molecule has 0 aliphatic carbocycles. The zero-order chi connectivity index (χ0) is 18.6. The molecule has 0 bridgehead atoms. The molecule has 0 saturated carbocycles. The summed E-state index contributed by atoms with van der Waals surface area (Å²) in [4.78, 5) is 27.5. The first-order valence-corrected chi connectivity index (χ1v) is 11.0. The highest BCUT2D eigenvalue weighted by Crippen LogP contribution is 2.28. The van der Waals surface area contributed by atoms with Gasteiger partial charge in [0.25, 0.3) is 0 Å². The monoisotopic (exact) mass is 418 g/mol. The van der Waals surface area contributed by atoms with Gasteiger partial charge >= 0.3 is 0 Å². The predicted molar refractivity (Wildman–Crippen MR) is 113 cm³/mol. The molecule has 1 aliphatic rings. The molecule has 3 aromatic rings. The van der Waals surface area contributed by atoms with Gasteiger partial charge in [-0.3, -0.25) is 4.79 Å². The number of halogens is 1. The van der Waals surface area contributed by atoms with E-state index in [9.17, 15) is 4.79 Å². The van der Waals surface area contributed by atoms with E-state index in [0.717, 1.165) is 57.9 Å². The highest BCUT2D eigenvalue weighted by molar-refractivity contribution is 7.99. The number of carbonyl (C=O) groups excluding carboxylic acids is 1. The predicted octanol–water partition coefficient (Wildman–Crippen LogP) is 4.18. The quantitative estimate of drug-likeness (QED) is 0.582. The molecule has 1 amide bonds. The van der Waals surface area contributed by atoms with E-state index in [-0.39, 0.29) is 5.91 Å². The Morgan fingerprint density at radius 1 is 1.15 bits per heavy atom. The normalized spacial score (nSPS) is 14.7. The van der Waals surface area contributed by atoms with Crippen molar-refractivity contribution in [2.45, 2.75) is 11.3 Å². The maximum atomic E-state index is 12.5. The smallest absolute Gasteiger partial charge is 0.223 e. The lowest BCUT2D eigenvalue weighted by Gasteiger charge is -2.35. The number of hydrogen-bond acceptors (Lipinski definition) is 6. The molecule has 140 valence electrons. The summed E-state index contributed by atoms with van der Waals surface area (Å²) in [6, 6.07) is 9.82. The molecule has 1 aromatic carbocycles. The molecule has 5 nitrogen and oxygen atoms in total. The van der Waals surface area contributed by atoms with Gasteiger partial charge in [0, 0.05) is 43.2 Å². The Kier molecular flexibility index (Phi) is 5.80. The SMILES string of the molecule is O=C(CCSc1ccccc1Cl)N1CCN(c2ncnc3sccc23)CC1. The van der Waals surface area contributed by atoms with E-state index in [0.29, 0.717) is 6.42 Å². The van der Waals surface area contributed by atoms with E-state index < -0.39 is 0 Å². The maximum Gasteiger partial charge on any atom is 0.223 e. The molecule has 1 saturated heterocycles. The third-order valence-corrected chi connectivity index (χ3v) is 6.92. The first-order valence-electron chi connectivity index (χ1n) is 8.80. The second-order valence-electron chi connectivity index (χ2n) is 6.23. The molecular weight excluding hydrogens is 400 g/mol. The Labute approximate surface area is 171 Å². The van der Waals surface area contributed by atoms with Gasteiger partial charge in [-0.15, -0.1) is 23.1 Å². The largest absolute Gasteiger partial charge is 0.352 e. The number of amides is 1. The molecule has 8 heteroatoms. The number of fused-ring (bicyclic) bond motifs is 1.